The lowest BCUT2D eigenvalue weighted by atomic mass is 10.5. The molecule has 0 radical (unpaired) electrons. The molecule has 1 aromatic rings. The van der Waals surface area contributed by atoms with Crippen molar-refractivity contribution in [3.8, 4) is 0 Å². The summed E-state index contributed by atoms with van der Waals surface area (Å²) in [4.78, 5) is 11.4. The zero-order valence-corrected chi connectivity index (χ0v) is 10.7. The number of rotatable bonds is 4. The average Bonchev–Trinajstić information content (AvgIpc) is 2.81. The van der Waals surface area contributed by atoms with Crippen LogP contribution in [0, 0.1) is 0 Å². The van der Waals surface area contributed by atoms with E-state index in [2.05, 4.69) is 9.46 Å². The molecule has 17 heavy (non-hydrogen) atoms. The van der Waals surface area contributed by atoms with Crippen LogP contribution in [0.3, 0.4) is 0 Å². The Kier molecular flexibility index (Phi) is 3.21. The second-order valence-corrected chi connectivity index (χ2v) is 6.33. The zero-order valence-electron chi connectivity index (χ0n) is 9.04. The Morgan fingerprint density at radius 2 is 2.29 bits per heavy atom. The molecule has 1 aliphatic carbocycles. The summed E-state index contributed by atoms with van der Waals surface area (Å²) < 4.78 is 30.9. The Labute approximate surface area is 103 Å². The molecule has 0 spiro atoms. The van der Waals surface area contributed by atoms with Crippen LogP contribution in [-0.2, 0) is 14.8 Å². The number of thiophene rings is 1. The van der Waals surface area contributed by atoms with Gasteiger partial charge in [0.25, 0.3) is 0 Å². The van der Waals surface area contributed by atoms with E-state index in [1.165, 1.54) is 18.6 Å². The van der Waals surface area contributed by atoms with Gasteiger partial charge in [0.2, 0.25) is 10.0 Å². The third kappa shape index (κ3) is 2.49. The molecule has 1 heterocycles. The molecule has 94 valence electrons. The van der Waals surface area contributed by atoms with Crippen molar-refractivity contribution in [1.82, 2.24) is 4.72 Å². The van der Waals surface area contributed by atoms with Crippen molar-refractivity contribution >= 4 is 27.3 Å². The van der Waals surface area contributed by atoms with Crippen molar-refractivity contribution in [3.63, 3.8) is 0 Å². The summed E-state index contributed by atoms with van der Waals surface area (Å²) in [7, 11) is -2.48. The van der Waals surface area contributed by atoms with E-state index in [0.29, 0.717) is 6.42 Å². The molecule has 1 saturated carbocycles. The van der Waals surface area contributed by atoms with Crippen molar-refractivity contribution < 1.29 is 17.9 Å². The first-order valence-electron chi connectivity index (χ1n) is 4.89. The van der Waals surface area contributed by atoms with Gasteiger partial charge in [0.1, 0.15) is 9.77 Å². The van der Waals surface area contributed by atoms with Crippen LogP contribution in [0.4, 0.5) is 0 Å². The van der Waals surface area contributed by atoms with Crippen molar-refractivity contribution in [1.29, 1.82) is 0 Å². The highest BCUT2D eigenvalue weighted by Crippen LogP contribution is 2.26. The molecular formula is C9H12N2O4S2. The van der Waals surface area contributed by atoms with E-state index in [4.69, 9.17) is 5.73 Å². The fourth-order valence-electron chi connectivity index (χ4n) is 1.36. The lowest BCUT2D eigenvalue weighted by Crippen LogP contribution is -2.30. The summed E-state index contributed by atoms with van der Waals surface area (Å²) in [5, 5.41) is 1.54. The van der Waals surface area contributed by atoms with Gasteiger partial charge in [-0.15, -0.1) is 11.3 Å². The SMILES string of the molecule is COC(=O)c1sccc1S(=O)(=O)NC1CC1N. The molecule has 0 saturated heterocycles. The van der Waals surface area contributed by atoms with E-state index in [1.54, 1.807) is 0 Å². The van der Waals surface area contributed by atoms with E-state index in [0.717, 1.165) is 11.3 Å². The van der Waals surface area contributed by atoms with E-state index < -0.39 is 16.0 Å². The predicted octanol–water partition coefficient (Wildman–Crippen LogP) is -0.0874. The first-order chi connectivity index (χ1) is 7.95. The number of hydrogen-bond donors (Lipinski definition) is 2. The maximum Gasteiger partial charge on any atom is 0.349 e. The number of ether oxygens (including phenoxy) is 1. The standard InChI is InChI=1S/C9H12N2O4S2/c1-15-9(12)8-7(2-3-16-8)17(13,14)11-6-4-5(6)10/h2-3,5-6,11H,4,10H2,1H3. The van der Waals surface area contributed by atoms with Gasteiger partial charge in [-0.2, -0.15) is 0 Å². The van der Waals surface area contributed by atoms with Crippen LogP contribution in [0.5, 0.6) is 0 Å². The molecule has 0 aromatic carbocycles. The topological polar surface area (TPSA) is 98.5 Å². The Morgan fingerprint density at radius 1 is 1.65 bits per heavy atom. The van der Waals surface area contributed by atoms with Gasteiger partial charge in [-0.1, -0.05) is 0 Å². The van der Waals surface area contributed by atoms with Gasteiger partial charge in [0.15, 0.2) is 0 Å². The lowest BCUT2D eigenvalue weighted by molar-refractivity contribution is 0.0602. The predicted molar refractivity (Wildman–Crippen MR) is 62.4 cm³/mol. The van der Waals surface area contributed by atoms with Crippen LogP contribution in [0.15, 0.2) is 16.3 Å². The zero-order chi connectivity index (χ0) is 12.6. The molecule has 1 aromatic heterocycles. The smallest absolute Gasteiger partial charge is 0.349 e. The quantitative estimate of drug-likeness (QED) is 0.749. The summed E-state index contributed by atoms with van der Waals surface area (Å²) in [6.45, 7) is 0. The van der Waals surface area contributed by atoms with Crippen LogP contribution < -0.4 is 10.5 Å². The van der Waals surface area contributed by atoms with Gasteiger partial charge in [0, 0.05) is 12.1 Å². The second-order valence-electron chi connectivity index (χ2n) is 3.73. The third-order valence-corrected chi connectivity index (χ3v) is 4.99. The molecule has 8 heteroatoms. The van der Waals surface area contributed by atoms with Crippen LogP contribution in [0.25, 0.3) is 0 Å². The highest BCUT2D eigenvalue weighted by Gasteiger charge is 2.38. The van der Waals surface area contributed by atoms with E-state index >= 15 is 0 Å². The maximum atomic E-state index is 12.0. The fourth-order valence-corrected chi connectivity index (χ4v) is 4.00. The summed E-state index contributed by atoms with van der Waals surface area (Å²) in [6, 6.07) is 1.02. The summed E-state index contributed by atoms with van der Waals surface area (Å²) in [5.41, 5.74) is 5.54. The number of hydrogen-bond acceptors (Lipinski definition) is 6. The monoisotopic (exact) mass is 276 g/mol. The van der Waals surface area contributed by atoms with Gasteiger partial charge in [-0.3, -0.25) is 0 Å². The van der Waals surface area contributed by atoms with E-state index in [1.807, 2.05) is 0 Å². The third-order valence-electron chi connectivity index (χ3n) is 2.44. The van der Waals surface area contributed by atoms with Crippen molar-refractivity contribution in [2.24, 2.45) is 5.73 Å². The van der Waals surface area contributed by atoms with Crippen LogP contribution in [0.1, 0.15) is 16.1 Å². The minimum atomic E-state index is -3.69. The molecule has 1 aliphatic rings. The summed E-state index contributed by atoms with van der Waals surface area (Å²) >= 11 is 1.03. The number of esters is 1. The van der Waals surface area contributed by atoms with Crippen LogP contribution >= 0.6 is 11.3 Å². The van der Waals surface area contributed by atoms with E-state index in [9.17, 15) is 13.2 Å². The average molecular weight is 276 g/mol. The minimum Gasteiger partial charge on any atom is -0.465 e. The molecule has 3 N–H and O–H groups in total. The molecular weight excluding hydrogens is 264 g/mol. The first kappa shape index (κ1) is 12.5. The number of nitrogens with two attached hydrogens (primary N) is 1. The Bertz CT molecular complexity index is 537. The van der Waals surface area contributed by atoms with Gasteiger partial charge < -0.3 is 10.5 Å². The maximum absolute atomic E-state index is 12.0. The van der Waals surface area contributed by atoms with Crippen LogP contribution in [-0.4, -0.2) is 33.6 Å². The Hall–Kier alpha value is -0.960. The molecule has 0 bridgehead atoms. The van der Waals surface area contributed by atoms with Crippen molar-refractivity contribution in [3.05, 3.63) is 16.3 Å². The normalized spacial score (nSPS) is 23.4. The second kappa shape index (κ2) is 4.37. The number of carbonyl (C=O) groups is 1. The van der Waals surface area contributed by atoms with Crippen molar-refractivity contribution in [2.75, 3.05) is 7.11 Å². The van der Waals surface area contributed by atoms with Gasteiger partial charge >= 0.3 is 5.97 Å². The number of sulfonamides is 1. The molecule has 2 atom stereocenters. The lowest BCUT2D eigenvalue weighted by Gasteiger charge is -2.05. The molecule has 1 fully saturated rings. The van der Waals surface area contributed by atoms with Crippen molar-refractivity contribution in [2.45, 2.75) is 23.4 Å². The number of carbonyl (C=O) groups excluding carboxylic acids is 1. The van der Waals surface area contributed by atoms with E-state index in [-0.39, 0.29) is 21.9 Å². The number of methoxy groups -OCH3 is 1. The Morgan fingerprint density at radius 3 is 2.82 bits per heavy atom. The largest absolute Gasteiger partial charge is 0.465 e. The van der Waals surface area contributed by atoms with Crippen LogP contribution in [0.2, 0.25) is 0 Å². The fraction of sp³-hybridized carbons (Fsp3) is 0.444. The molecule has 6 nitrogen and oxygen atoms in total. The Balaban J connectivity index is 2.27. The molecule has 2 unspecified atom stereocenters. The molecule has 0 aliphatic heterocycles. The number of nitrogens with one attached hydrogen (secondary N) is 1. The van der Waals surface area contributed by atoms with Gasteiger partial charge in [-0.05, 0) is 17.9 Å². The highest BCUT2D eigenvalue weighted by molar-refractivity contribution is 7.89. The minimum absolute atomic E-state index is 0.0477. The summed E-state index contributed by atoms with van der Waals surface area (Å²) in [6.07, 6.45) is 0.622. The molecule has 2 rings (SSSR count). The highest BCUT2D eigenvalue weighted by atomic mass is 32.2. The van der Waals surface area contributed by atoms with Gasteiger partial charge in [0.05, 0.1) is 7.11 Å². The summed E-state index contributed by atoms with van der Waals surface area (Å²) in [5.74, 6) is -0.652. The molecule has 0 amide bonds. The van der Waals surface area contributed by atoms with Gasteiger partial charge in [-0.25, -0.2) is 17.9 Å². The first-order valence-corrected chi connectivity index (χ1v) is 7.25.